The summed E-state index contributed by atoms with van der Waals surface area (Å²) in [5.41, 5.74) is 4.50. The van der Waals surface area contributed by atoms with Gasteiger partial charge in [-0.3, -0.25) is 19.4 Å². The fourth-order valence-corrected chi connectivity index (χ4v) is 4.43. The first kappa shape index (κ1) is 22.1. The van der Waals surface area contributed by atoms with Crippen LogP contribution < -0.4 is 10.1 Å². The lowest BCUT2D eigenvalue weighted by molar-refractivity contribution is 0.0661. The van der Waals surface area contributed by atoms with E-state index in [9.17, 15) is 4.79 Å². The first-order valence-electron chi connectivity index (χ1n) is 11.6. The number of hydrogen-bond acceptors (Lipinski definition) is 5. The summed E-state index contributed by atoms with van der Waals surface area (Å²) in [6, 6.07) is 16.2. The van der Waals surface area contributed by atoms with Crippen molar-refractivity contribution in [2.24, 2.45) is 7.05 Å². The van der Waals surface area contributed by atoms with Crippen LogP contribution in [0.25, 0.3) is 22.2 Å². The van der Waals surface area contributed by atoms with E-state index in [2.05, 4.69) is 47.3 Å². The van der Waals surface area contributed by atoms with E-state index >= 15 is 0 Å². The standard InChI is InChI=1S/C27H29N5O2/c1-5-18-12-19(7-9-23(18)27(33)30-25-16-31(3)17(25)2)24-13-22(10-11-28-24)34-21-8-6-20-15-29-32(4)26(20)14-21/h6-15,17,25H,5,16H2,1-4H3,(H,30,33)/t17-,25-/m0/s1. The van der Waals surface area contributed by atoms with E-state index in [1.54, 1.807) is 6.20 Å². The Labute approximate surface area is 199 Å². The summed E-state index contributed by atoms with van der Waals surface area (Å²) in [5, 5.41) is 8.53. The maximum atomic E-state index is 12.9. The molecule has 0 aliphatic carbocycles. The van der Waals surface area contributed by atoms with Gasteiger partial charge in [0.2, 0.25) is 0 Å². The summed E-state index contributed by atoms with van der Waals surface area (Å²) >= 11 is 0. The highest BCUT2D eigenvalue weighted by Crippen LogP contribution is 2.29. The highest BCUT2D eigenvalue weighted by atomic mass is 16.5. The smallest absolute Gasteiger partial charge is 0.251 e. The van der Waals surface area contributed by atoms with Crippen molar-refractivity contribution >= 4 is 16.8 Å². The average Bonchev–Trinajstić information content (AvgIpc) is 3.23. The zero-order valence-electron chi connectivity index (χ0n) is 19.9. The van der Waals surface area contributed by atoms with Crippen LogP contribution in [0, 0.1) is 0 Å². The lowest BCUT2D eigenvalue weighted by Crippen LogP contribution is -2.63. The van der Waals surface area contributed by atoms with Crippen LogP contribution in [0.15, 0.2) is 60.9 Å². The molecule has 7 nitrogen and oxygen atoms in total. The number of aromatic nitrogens is 3. The molecule has 174 valence electrons. The second-order valence-electron chi connectivity index (χ2n) is 8.95. The predicted molar refractivity (Wildman–Crippen MR) is 133 cm³/mol. The molecule has 1 N–H and O–H groups in total. The average molecular weight is 456 g/mol. The van der Waals surface area contributed by atoms with Gasteiger partial charge >= 0.3 is 0 Å². The van der Waals surface area contributed by atoms with E-state index in [0.717, 1.165) is 52.0 Å². The zero-order valence-corrected chi connectivity index (χ0v) is 19.9. The second kappa shape index (κ2) is 8.91. The SMILES string of the molecule is CCc1cc(-c2cc(Oc3ccc4cnn(C)c4c3)ccn2)ccc1C(=O)N[C@H]1CN(C)[C@H]1C. The Hall–Kier alpha value is -3.71. The molecule has 2 atom stereocenters. The van der Waals surface area contributed by atoms with Crippen molar-refractivity contribution in [3.05, 3.63) is 72.1 Å². The van der Waals surface area contributed by atoms with Gasteiger partial charge in [0, 0.05) is 54.5 Å². The third kappa shape index (κ3) is 4.15. The molecule has 0 radical (unpaired) electrons. The second-order valence-corrected chi connectivity index (χ2v) is 8.95. The van der Waals surface area contributed by atoms with Crippen molar-refractivity contribution < 1.29 is 9.53 Å². The maximum absolute atomic E-state index is 12.9. The summed E-state index contributed by atoms with van der Waals surface area (Å²) in [6.07, 6.45) is 4.34. The number of ether oxygens (including phenoxy) is 1. The highest BCUT2D eigenvalue weighted by molar-refractivity contribution is 5.96. The van der Waals surface area contributed by atoms with Crippen LogP contribution in [0.3, 0.4) is 0 Å². The van der Waals surface area contributed by atoms with Crippen molar-refractivity contribution in [2.75, 3.05) is 13.6 Å². The lowest BCUT2D eigenvalue weighted by Gasteiger charge is -2.44. The number of carbonyl (C=O) groups is 1. The van der Waals surface area contributed by atoms with E-state index in [0.29, 0.717) is 11.8 Å². The van der Waals surface area contributed by atoms with E-state index in [1.807, 2.05) is 60.4 Å². The molecule has 7 heteroatoms. The molecule has 1 aliphatic rings. The van der Waals surface area contributed by atoms with E-state index in [1.165, 1.54) is 0 Å². The molecular weight excluding hydrogens is 426 g/mol. The predicted octanol–water partition coefficient (Wildman–Crippen LogP) is 4.42. The molecule has 4 aromatic rings. The summed E-state index contributed by atoms with van der Waals surface area (Å²) < 4.78 is 7.95. The Bertz CT molecular complexity index is 1360. The first-order valence-corrected chi connectivity index (χ1v) is 11.6. The van der Waals surface area contributed by atoms with Gasteiger partial charge in [-0.1, -0.05) is 13.0 Å². The number of aryl methyl sites for hydroxylation is 2. The quantitative estimate of drug-likeness (QED) is 0.466. The van der Waals surface area contributed by atoms with Crippen molar-refractivity contribution in [3.8, 4) is 22.8 Å². The third-order valence-electron chi connectivity index (χ3n) is 6.79. The number of nitrogens with zero attached hydrogens (tertiary/aromatic N) is 4. The minimum atomic E-state index is -0.0102. The summed E-state index contributed by atoms with van der Waals surface area (Å²) in [7, 11) is 3.98. The Morgan fingerprint density at radius 2 is 1.94 bits per heavy atom. The molecule has 5 rings (SSSR count). The van der Waals surface area contributed by atoms with Gasteiger partial charge in [0.15, 0.2) is 0 Å². The van der Waals surface area contributed by atoms with Crippen LogP contribution in [-0.4, -0.2) is 51.2 Å². The molecule has 1 fully saturated rings. The van der Waals surface area contributed by atoms with Gasteiger partial charge in [-0.05, 0) is 56.3 Å². The van der Waals surface area contributed by atoms with Crippen LogP contribution in [0.1, 0.15) is 29.8 Å². The molecule has 3 heterocycles. The van der Waals surface area contributed by atoms with Gasteiger partial charge in [0.05, 0.1) is 23.4 Å². The van der Waals surface area contributed by atoms with Gasteiger partial charge in [0.25, 0.3) is 5.91 Å². The Kier molecular flexibility index (Phi) is 5.79. The largest absolute Gasteiger partial charge is 0.457 e. The molecule has 0 spiro atoms. The maximum Gasteiger partial charge on any atom is 0.251 e. The number of pyridine rings is 1. The molecule has 1 aliphatic heterocycles. The Balaban J connectivity index is 1.36. The number of fused-ring (bicyclic) bond motifs is 1. The first-order chi connectivity index (χ1) is 16.4. The summed E-state index contributed by atoms with van der Waals surface area (Å²) in [4.78, 5) is 19.7. The van der Waals surface area contributed by atoms with Gasteiger partial charge in [-0.25, -0.2) is 0 Å². The minimum Gasteiger partial charge on any atom is -0.457 e. The topological polar surface area (TPSA) is 72.3 Å². The van der Waals surface area contributed by atoms with Crippen LogP contribution in [0.4, 0.5) is 0 Å². The number of amides is 1. The van der Waals surface area contributed by atoms with Crippen molar-refractivity contribution in [2.45, 2.75) is 32.4 Å². The molecule has 2 aromatic carbocycles. The summed E-state index contributed by atoms with van der Waals surface area (Å²) in [6.45, 7) is 5.09. The number of nitrogens with one attached hydrogen (secondary N) is 1. The van der Waals surface area contributed by atoms with Gasteiger partial charge in [-0.15, -0.1) is 0 Å². The molecule has 1 saturated heterocycles. The van der Waals surface area contributed by atoms with E-state index in [4.69, 9.17) is 4.74 Å². The van der Waals surface area contributed by atoms with Crippen LogP contribution in [0.2, 0.25) is 0 Å². The number of hydrogen-bond donors (Lipinski definition) is 1. The normalized spacial score (nSPS) is 18.0. The van der Waals surface area contributed by atoms with Crippen LogP contribution >= 0.6 is 0 Å². The van der Waals surface area contributed by atoms with E-state index in [-0.39, 0.29) is 11.9 Å². The number of rotatable bonds is 6. The van der Waals surface area contributed by atoms with Gasteiger partial charge in [0.1, 0.15) is 11.5 Å². The molecule has 0 bridgehead atoms. The molecule has 2 aromatic heterocycles. The van der Waals surface area contributed by atoms with Crippen LogP contribution in [-0.2, 0) is 13.5 Å². The third-order valence-corrected chi connectivity index (χ3v) is 6.79. The highest BCUT2D eigenvalue weighted by Gasteiger charge is 2.33. The van der Waals surface area contributed by atoms with Crippen molar-refractivity contribution in [1.29, 1.82) is 0 Å². The van der Waals surface area contributed by atoms with Gasteiger partial charge in [-0.2, -0.15) is 5.10 Å². The zero-order chi connectivity index (χ0) is 23.8. The summed E-state index contributed by atoms with van der Waals surface area (Å²) in [5.74, 6) is 1.43. The number of carbonyl (C=O) groups excluding carboxylic acids is 1. The fourth-order valence-electron chi connectivity index (χ4n) is 4.43. The number of benzene rings is 2. The van der Waals surface area contributed by atoms with Crippen LogP contribution in [0.5, 0.6) is 11.5 Å². The Morgan fingerprint density at radius 1 is 1.12 bits per heavy atom. The molecule has 0 saturated carbocycles. The van der Waals surface area contributed by atoms with Crippen molar-refractivity contribution in [1.82, 2.24) is 25.0 Å². The lowest BCUT2D eigenvalue weighted by atomic mass is 9.96. The molecule has 0 unspecified atom stereocenters. The van der Waals surface area contributed by atoms with Crippen molar-refractivity contribution in [3.63, 3.8) is 0 Å². The monoisotopic (exact) mass is 455 g/mol. The van der Waals surface area contributed by atoms with E-state index < -0.39 is 0 Å². The number of likely N-dealkylation sites (N-methyl/N-ethyl adjacent to an activating group) is 1. The molecular formula is C27H29N5O2. The number of likely N-dealkylation sites (tertiary alicyclic amines) is 1. The fraction of sp³-hybridized carbons (Fsp3) is 0.296. The van der Waals surface area contributed by atoms with Gasteiger partial charge < -0.3 is 10.1 Å². The minimum absolute atomic E-state index is 0.0102. The molecule has 34 heavy (non-hydrogen) atoms. The Morgan fingerprint density at radius 3 is 2.71 bits per heavy atom. The molecule has 1 amide bonds.